The first-order valence-electron chi connectivity index (χ1n) is 5.74. The summed E-state index contributed by atoms with van der Waals surface area (Å²) in [6, 6.07) is 6.46. The summed E-state index contributed by atoms with van der Waals surface area (Å²) in [4.78, 5) is 0.146. The molecule has 4 N–H and O–H groups in total. The lowest BCUT2D eigenvalue weighted by atomic mass is 10.3. The largest absolute Gasteiger partial charge is 0.396 e. The number of nitrogens with one attached hydrogen (secondary N) is 1. The summed E-state index contributed by atoms with van der Waals surface area (Å²) >= 11 is 0. The summed E-state index contributed by atoms with van der Waals surface area (Å²) in [6.45, 7) is 2.35. The van der Waals surface area contributed by atoms with Crippen LogP contribution < -0.4 is 11.3 Å². The fourth-order valence-electron chi connectivity index (χ4n) is 1.65. The lowest BCUT2D eigenvalue weighted by molar-refractivity contribution is 0.271. The second-order valence-electron chi connectivity index (χ2n) is 3.71. The van der Waals surface area contributed by atoms with E-state index in [4.69, 9.17) is 10.9 Å². The van der Waals surface area contributed by atoms with Crippen molar-refractivity contribution in [2.75, 3.05) is 25.1 Å². The molecule has 0 heterocycles. The lowest BCUT2D eigenvalue weighted by Gasteiger charge is -2.21. The van der Waals surface area contributed by atoms with Crippen LogP contribution in [0, 0.1) is 0 Å². The van der Waals surface area contributed by atoms with Crippen LogP contribution >= 0.6 is 0 Å². The highest BCUT2D eigenvalue weighted by Gasteiger charge is 2.24. The first-order valence-corrected chi connectivity index (χ1v) is 7.18. The predicted octanol–water partition coefficient (Wildman–Crippen LogP) is 0.365. The Labute approximate surface area is 107 Å². The Bertz CT molecular complexity index is 476. The average Bonchev–Trinajstić information content (AvgIpc) is 2.39. The zero-order chi connectivity index (χ0) is 13.6. The topological polar surface area (TPSA) is 95.7 Å². The summed E-state index contributed by atoms with van der Waals surface area (Å²) in [7, 11) is -3.59. The number of hydrazine groups is 1. The molecule has 6 nitrogen and oxygen atoms in total. The fraction of sp³-hybridized carbons (Fsp3) is 0.455. The van der Waals surface area contributed by atoms with Crippen LogP contribution in [0.3, 0.4) is 0 Å². The van der Waals surface area contributed by atoms with Crippen molar-refractivity contribution in [1.29, 1.82) is 0 Å². The number of para-hydroxylation sites is 1. The van der Waals surface area contributed by atoms with Gasteiger partial charge in [0.2, 0.25) is 10.0 Å². The number of hydrogen-bond acceptors (Lipinski definition) is 5. The Balaban J connectivity index is 3.10. The van der Waals surface area contributed by atoms with E-state index in [1.54, 1.807) is 25.1 Å². The SMILES string of the molecule is CCN(CCCO)S(=O)(=O)c1ccccc1NN. The van der Waals surface area contributed by atoms with Crippen molar-refractivity contribution in [3.63, 3.8) is 0 Å². The zero-order valence-corrected chi connectivity index (χ0v) is 11.2. The van der Waals surface area contributed by atoms with Crippen molar-refractivity contribution >= 4 is 15.7 Å². The highest BCUT2D eigenvalue weighted by Crippen LogP contribution is 2.23. The van der Waals surface area contributed by atoms with E-state index in [9.17, 15) is 8.42 Å². The van der Waals surface area contributed by atoms with Crippen LogP contribution in [0.4, 0.5) is 5.69 Å². The van der Waals surface area contributed by atoms with E-state index < -0.39 is 10.0 Å². The highest BCUT2D eigenvalue weighted by molar-refractivity contribution is 7.89. The number of nitrogens with zero attached hydrogens (tertiary/aromatic N) is 1. The Morgan fingerprint density at radius 3 is 2.61 bits per heavy atom. The molecule has 0 amide bonds. The van der Waals surface area contributed by atoms with Crippen LogP contribution in [0.2, 0.25) is 0 Å². The van der Waals surface area contributed by atoms with Crippen LogP contribution in [0.25, 0.3) is 0 Å². The third-order valence-electron chi connectivity index (χ3n) is 2.58. The molecule has 0 saturated carbocycles. The van der Waals surface area contributed by atoms with E-state index in [0.717, 1.165) is 0 Å². The molecule has 0 aliphatic rings. The molecule has 0 radical (unpaired) electrons. The van der Waals surface area contributed by atoms with E-state index >= 15 is 0 Å². The van der Waals surface area contributed by atoms with Gasteiger partial charge < -0.3 is 10.5 Å². The number of nitrogen functional groups attached to an aromatic ring is 1. The molecule has 1 rings (SSSR count). The molecular weight excluding hydrogens is 254 g/mol. The summed E-state index contributed by atoms with van der Waals surface area (Å²) in [5, 5.41) is 8.79. The number of sulfonamides is 1. The van der Waals surface area contributed by atoms with Crippen LogP contribution in [-0.2, 0) is 10.0 Å². The molecule has 0 saturated heterocycles. The van der Waals surface area contributed by atoms with E-state index in [1.807, 2.05) is 0 Å². The maximum absolute atomic E-state index is 12.4. The lowest BCUT2D eigenvalue weighted by Crippen LogP contribution is -2.33. The van der Waals surface area contributed by atoms with Gasteiger partial charge in [0.05, 0.1) is 5.69 Å². The molecule has 7 heteroatoms. The second-order valence-corrected chi connectivity index (χ2v) is 5.62. The third-order valence-corrected chi connectivity index (χ3v) is 4.61. The van der Waals surface area contributed by atoms with Gasteiger partial charge in [0.25, 0.3) is 0 Å². The minimum Gasteiger partial charge on any atom is -0.396 e. The van der Waals surface area contributed by atoms with Crippen LogP contribution in [0.15, 0.2) is 29.2 Å². The van der Waals surface area contributed by atoms with E-state index in [0.29, 0.717) is 18.7 Å². The van der Waals surface area contributed by atoms with Gasteiger partial charge >= 0.3 is 0 Å². The number of hydrogen-bond donors (Lipinski definition) is 3. The van der Waals surface area contributed by atoms with Crippen LogP contribution in [0.1, 0.15) is 13.3 Å². The fourth-order valence-corrected chi connectivity index (χ4v) is 3.29. The standard InChI is InChI=1S/C11H19N3O3S/c1-2-14(8-5-9-15)18(16,17)11-7-4-3-6-10(11)13-12/h3-4,6-7,13,15H,2,5,8-9,12H2,1H3. The Hall–Kier alpha value is -1.15. The molecule has 1 aromatic carbocycles. The Morgan fingerprint density at radius 1 is 1.39 bits per heavy atom. The van der Waals surface area contributed by atoms with Crippen molar-refractivity contribution in [2.24, 2.45) is 5.84 Å². The van der Waals surface area contributed by atoms with Crippen molar-refractivity contribution in [2.45, 2.75) is 18.2 Å². The molecule has 0 spiro atoms. The van der Waals surface area contributed by atoms with E-state index in [-0.39, 0.29) is 18.0 Å². The predicted molar refractivity (Wildman–Crippen MR) is 70.4 cm³/mol. The molecular formula is C11H19N3O3S. The van der Waals surface area contributed by atoms with Crippen molar-refractivity contribution in [3.8, 4) is 0 Å². The van der Waals surface area contributed by atoms with Gasteiger partial charge in [-0.3, -0.25) is 5.84 Å². The summed E-state index contributed by atoms with van der Waals surface area (Å²) in [5.74, 6) is 5.32. The smallest absolute Gasteiger partial charge is 0.245 e. The average molecular weight is 273 g/mol. The van der Waals surface area contributed by atoms with Gasteiger partial charge in [-0.15, -0.1) is 0 Å². The maximum Gasteiger partial charge on any atom is 0.245 e. The molecule has 0 bridgehead atoms. The van der Waals surface area contributed by atoms with E-state index in [1.165, 1.54) is 10.4 Å². The summed E-state index contributed by atoms with van der Waals surface area (Å²) < 4.78 is 26.1. The van der Waals surface area contributed by atoms with Gasteiger partial charge in [0, 0.05) is 19.7 Å². The number of aliphatic hydroxyl groups excluding tert-OH is 1. The van der Waals surface area contributed by atoms with Gasteiger partial charge in [-0.1, -0.05) is 19.1 Å². The Kier molecular flexibility index (Phi) is 5.54. The molecule has 0 aliphatic carbocycles. The van der Waals surface area contributed by atoms with Crippen molar-refractivity contribution < 1.29 is 13.5 Å². The molecule has 1 aromatic rings. The quantitative estimate of drug-likeness (QED) is 0.492. The van der Waals surface area contributed by atoms with Crippen molar-refractivity contribution in [3.05, 3.63) is 24.3 Å². The number of nitrogens with two attached hydrogens (primary N) is 1. The van der Waals surface area contributed by atoms with Crippen LogP contribution in [-0.4, -0.2) is 37.5 Å². The van der Waals surface area contributed by atoms with Gasteiger partial charge in [0.1, 0.15) is 4.90 Å². The summed E-state index contributed by atoms with van der Waals surface area (Å²) in [5.41, 5.74) is 2.74. The van der Waals surface area contributed by atoms with E-state index in [2.05, 4.69) is 5.43 Å². The first kappa shape index (κ1) is 14.9. The first-order chi connectivity index (χ1) is 8.57. The van der Waals surface area contributed by atoms with Gasteiger partial charge in [-0.05, 0) is 18.6 Å². The molecule has 0 aliphatic heterocycles. The van der Waals surface area contributed by atoms with Crippen LogP contribution in [0.5, 0.6) is 0 Å². The van der Waals surface area contributed by atoms with Gasteiger partial charge in [0.15, 0.2) is 0 Å². The molecule has 18 heavy (non-hydrogen) atoms. The number of benzene rings is 1. The number of anilines is 1. The van der Waals surface area contributed by atoms with Crippen molar-refractivity contribution in [1.82, 2.24) is 4.31 Å². The zero-order valence-electron chi connectivity index (χ0n) is 10.3. The monoisotopic (exact) mass is 273 g/mol. The molecule has 0 aromatic heterocycles. The molecule has 0 fully saturated rings. The normalized spacial score (nSPS) is 11.8. The molecule has 0 atom stereocenters. The second kappa shape index (κ2) is 6.69. The summed E-state index contributed by atoms with van der Waals surface area (Å²) in [6.07, 6.45) is 0.408. The number of aliphatic hydroxyl groups is 1. The third kappa shape index (κ3) is 3.20. The molecule has 0 unspecified atom stereocenters. The minimum absolute atomic E-state index is 0.0389. The molecule has 102 valence electrons. The maximum atomic E-state index is 12.4. The minimum atomic E-state index is -3.59. The van der Waals surface area contributed by atoms with Gasteiger partial charge in [-0.25, -0.2) is 8.42 Å². The number of rotatable bonds is 7. The Morgan fingerprint density at radius 2 is 2.06 bits per heavy atom. The van der Waals surface area contributed by atoms with Gasteiger partial charge in [-0.2, -0.15) is 4.31 Å². The highest BCUT2D eigenvalue weighted by atomic mass is 32.2.